The summed E-state index contributed by atoms with van der Waals surface area (Å²) < 4.78 is 0. The molecule has 2 fully saturated rings. The molecule has 2 nitrogen and oxygen atoms in total. The minimum Gasteiger partial charge on any atom is -0.357 e. The lowest BCUT2D eigenvalue weighted by Gasteiger charge is -2.50. The van der Waals surface area contributed by atoms with Gasteiger partial charge >= 0.3 is 0 Å². The van der Waals surface area contributed by atoms with Crippen molar-refractivity contribution in [3.05, 3.63) is 35.5 Å². The van der Waals surface area contributed by atoms with Gasteiger partial charge in [0.15, 0.2) is 0 Å². The zero-order valence-electron chi connectivity index (χ0n) is 13.5. The van der Waals surface area contributed by atoms with Crippen LogP contribution in [0.4, 0.5) is 0 Å². The number of nitrogens with zero attached hydrogens (tertiary/aromatic N) is 1. The zero-order chi connectivity index (χ0) is 14.7. The largest absolute Gasteiger partial charge is 0.357 e. The summed E-state index contributed by atoms with van der Waals surface area (Å²) in [5, 5.41) is 1.47. The molecule has 116 valence electrons. The molecule has 1 N–H and O–H groups in total. The van der Waals surface area contributed by atoms with Crippen LogP contribution in [-0.2, 0) is 6.42 Å². The third-order valence-corrected chi connectivity index (χ3v) is 6.68. The first-order valence-corrected chi connectivity index (χ1v) is 9.16. The van der Waals surface area contributed by atoms with Gasteiger partial charge in [0.25, 0.3) is 0 Å². The number of H-pyrrole nitrogens is 1. The molecule has 1 aliphatic carbocycles. The summed E-state index contributed by atoms with van der Waals surface area (Å²) >= 11 is 0. The van der Waals surface area contributed by atoms with Crippen molar-refractivity contribution < 1.29 is 0 Å². The molecule has 4 atom stereocenters. The third kappa shape index (κ3) is 1.83. The molecule has 2 aliphatic heterocycles. The fourth-order valence-corrected chi connectivity index (χ4v) is 5.56. The van der Waals surface area contributed by atoms with Gasteiger partial charge in [-0.05, 0) is 49.7 Å². The monoisotopic (exact) mass is 294 g/mol. The number of benzene rings is 1. The zero-order valence-corrected chi connectivity index (χ0v) is 13.5. The second-order valence-electron chi connectivity index (χ2n) is 7.87. The molecule has 5 rings (SSSR count). The van der Waals surface area contributed by atoms with E-state index in [-0.39, 0.29) is 0 Å². The quantitative estimate of drug-likeness (QED) is 0.748. The summed E-state index contributed by atoms with van der Waals surface area (Å²) in [6.07, 6.45) is 8.47. The summed E-state index contributed by atoms with van der Waals surface area (Å²) in [4.78, 5) is 6.61. The molecular weight excluding hydrogens is 268 g/mol. The maximum Gasteiger partial charge on any atom is 0.0507 e. The second kappa shape index (κ2) is 4.86. The lowest BCUT2D eigenvalue weighted by molar-refractivity contribution is 0.00372. The van der Waals surface area contributed by atoms with Gasteiger partial charge in [-0.3, -0.25) is 4.90 Å². The molecule has 1 saturated heterocycles. The predicted octanol–water partition coefficient (Wildman–Crippen LogP) is 4.67. The van der Waals surface area contributed by atoms with E-state index in [1.807, 2.05) is 0 Å². The fraction of sp³-hybridized carbons (Fsp3) is 0.600. The van der Waals surface area contributed by atoms with Gasteiger partial charge in [-0.25, -0.2) is 0 Å². The average Bonchev–Trinajstić information content (AvgIpc) is 2.93. The highest BCUT2D eigenvalue weighted by molar-refractivity contribution is 5.85. The van der Waals surface area contributed by atoms with Crippen molar-refractivity contribution in [2.75, 3.05) is 6.54 Å². The smallest absolute Gasteiger partial charge is 0.0507 e. The average molecular weight is 294 g/mol. The van der Waals surface area contributed by atoms with Crippen LogP contribution in [0.2, 0.25) is 0 Å². The van der Waals surface area contributed by atoms with Crippen molar-refractivity contribution in [1.82, 2.24) is 9.88 Å². The van der Waals surface area contributed by atoms with Crippen LogP contribution in [0.5, 0.6) is 0 Å². The van der Waals surface area contributed by atoms with Crippen molar-refractivity contribution in [3.8, 4) is 0 Å². The van der Waals surface area contributed by atoms with Gasteiger partial charge in [0.2, 0.25) is 0 Å². The first kappa shape index (κ1) is 13.2. The number of aromatic nitrogens is 1. The van der Waals surface area contributed by atoms with Crippen LogP contribution in [0.3, 0.4) is 0 Å². The Morgan fingerprint density at radius 3 is 2.82 bits per heavy atom. The van der Waals surface area contributed by atoms with Crippen LogP contribution in [-0.4, -0.2) is 22.5 Å². The molecule has 2 heteroatoms. The molecule has 4 unspecified atom stereocenters. The number of nitrogens with one attached hydrogen (secondary N) is 1. The molecule has 0 amide bonds. The normalized spacial score (nSPS) is 35.0. The fourth-order valence-electron chi connectivity index (χ4n) is 5.56. The molecule has 1 aromatic carbocycles. The Labute approximate surface area is 132 Å². The van der Waals surface area contributed by atoms with Gasteiger partial charge < -0.3 is 4.98 Å². The molecule has 0 spiro atoms. The van der Waals surface area contributed by atoms with E-state index in [1.54, 1.807) is 11.3 Å². The van der Waals surface area contributed by atoms with Crippen LogP contribution >= 0.6 is 0 Å². The summed E-state index contributed by atoms with van der Waals surface area (Å²) in [5.74, 6) is 1.94. The molecule has 3 aliphatic rings. The minimum absolute atomic E-state index is 0.644. The Morgan fingerprint density at radius 1 is 1.09 bits per heavy atom. The van der Waals surface area contributed by atoms with Crippen LogP contribution in [0.1, 0.15) is 56.3 Å². The Hall–Kier alpha value is -1.28. The van der Waals surface area contributed by atoms with Crippen LogP contribution in [0.25, 0.3) is 10.9 Å². The Morgan fingerprint density at radius 2 is 1.91 bits per heavy atom. The summed E-state index contributed by atoms with van der Waals surface area (Å²) in [6, 6.07) is 10.2. The Balaban J connectivity index is 1.59. The molecule has 0 bridgehead atoms. The number of piperidine rings is 1. The molecular formula is C20H26N2. The number of para-hydroxylation sites is 1. The second-order valence-corrected chi connectivity index (χ2v) is 7.87. The summed E-state index contributed by atoms with van der Waals surface area (Å²) in [7, 11) is 0. The first-order chi connectivity index (χ1) is 10.8. The predicted molar refractivity (Wildman–Crippen MR) is 91.0 cm³/mol. The number of aromatic amines is 1. The van der Waals surface area contributed by atoms with Crippen LogP contribution in [0.15, 0.2) is 24.3 Å². The molecule has 1 aromatic heterocycles. The summed E-state index contributed by atoms with van der Waals surface area (Å²) in [6.45, 7) is 3.78. The van der Waals surface area contributed by atoms with Crippen LogP contribution in [0, 0.1) is 11.8 Å². The Kier molecular flexibility index (Phi) is 2.91. The molecule has 22 heavy (non-hydrogen) atoms. The Bertz CT molecular complexity index is 701. The molecule has 1 saturated carbocycles. The van der Waals surface area contributed by atoms with Crippen molar-refractivity contribution in [2.45, 2.75) is 57.5 Å². The lowest BCUT2D eigenvalue weighted by atomic mass is 9.70. The van der Waals surface area contributed by atoms with E-state index in [4.69, 9.17) is 0 Å². The van der Waals surface area contributed by atoms with Crippen molar-refractivity contribution in [2.24, 2.45) is 11.8 Å². The summed E-state index contributed by atoms with van der Waals surface area (Å²) in [5.41, 5.74) is 4.49. The van der Waals surface area contributed by atoms with Gasteiger partial charge in [0.05, 0.1) is 6.04 Å². The van der Waals surface area contributed by atoms with E-state index in [0.717, 1.165) is 11.8 Å². The third-order valence-electron chi connectivity index (χ3n) is 6.68. The van der Waals surface area contributed by atoms with Gasteiger partial charge in [0, 0.05) is 29.2 Å². The van der Waals surface area contributed by atoms with Crippen molar-refractivity contribution in [3.63, 3.8) is 0 Å². The number of fused-ring (bicyclic) bond motifs is 6. The van der Waals surface area contributed by atoms with E-state index in [9.17, 15) is 0 Å². The molecule has 3 heterocycles. The van der Waals surface area contributed by atoms with Gasteiger partial charge in [-0.15, -0.1) is 0 Å². The van der Waals surface area contributed by atoms with E-state index >= 15 is 0 Å². The maximum atomic E-state index is 3.79. The van der Waals surface area contributed by atoms with Gasteiger partial charge in [-0.2, -0.15) is 0 Å². The van der Waals surface area contributed by atoms with E-state index in [0.29, 0.717) is 12.1 Å². The number of hydrogen-bond donors (Lipinski definition) is 1. The number of rotatable bonds is 0. The number of hydrogen-bond acceptors (Lipinski definition) is 1. The van der Waals surface area contributed by atoms with Crippen molar-refractivity contribution in [1.29, 1.82) is 0 Å². The molecule has 2 aromatic rings. The highest BCUT2D eigenvalue weighted by atomic mass is 15.2. The minimum atomic E-state index is 0.644. The van der Waals surface area contributed by atoms with Crippen LogP contribution < -0.4 is 0 Å². The first-order valence-electron chi connectivity index (χ1n) is 9.16. The van der Waals surface area contributed by atoms with E-state index < -0.39 is 0 Å². The standard InChI is InChI=1S/C20H26N2/c1-13-10-17-16-8-4-5-9-18(16)21-20(17)19-11-14-6-2-3-7-15(14)12-22(13)19/h4-5,8-9,13-15,19,21H,2-3,6-7,10-12H2,1H3. The lowest BCUT2D eigenvalue weighted by Crippen LogP contribution is -2.50. The maximum absolute atomic E-state index is 3.79. The SMILES string of the molecule is CC1Cc2c([nH]c3ccccc23)C2CC3CCCCC3CN12. The highest BCUT2D eigenvalue weighted by Crippen LogP contribution is 2.48. The van der Waals surface area contributed by atoms with E-state index in [2.05, 4.69) is 41.1 Å². The van der Waals surface area contributed by atoms with Gasteiger partial charge in [0.1, 0.15) is 0 Å². The van der Waals surface area contributed by atoms with Crippen molar-refractivity contribution >= 4 is 10.9 Å². The molecule has 0 radical (unpaired) electrons. The van der Waals surface area contributed by atoms with Gasteiger partial charge in [-0.1, -0.05) is 37.5 Å². The topological polar surface area (TPSA) is 19.0 Å². The van der Waals surface area contributed by atoms with E-state index in [1.165, 1.54) is 56.0 Å². The highest BCUT2D eigenvalue weighted by Gasteiger charge is 2.43.